The highest BCUT2D eigenvalue weighted by Gasteiger charge is 2.19. The van der Waals surface area contributed by atoms with Crippen molar-refractivity contribution in [3.8, 4) is 5.75 Å². The van der Waals surface area contributed by atoms with Crippen molar-refractivity contribution in [1.82, 2.24) is 15.1 Å². The van der Waals surface area contributed by atoms with Crippen LogP contribution in [-0.2, 0) is 4.79 Å². The van der Waals surface area contributed by atoms with Gasteiger partial charge in [0.2, 0.25) is 5.91 Å². The predicted molar refractivity (Wildman–Crippen MR) is 131 cm³/mol. The van der Waals surface area contributed by atoms with Gasteiger partial charge in [0.1, 0.15) is 5.75 Å². The summed E-state index contributed by atoms with van der Waals surface area (Å²) in [7, 11) is 1.60. The molecular weight excluding hydrogens is 414 g/mol. The van der Waals surface area contributed by atoms with Crippen LogP contribution in [0.3, 0.4) is 0 Å². The highest BCUT2D eigenvalue weighted by molar-refractivity contribution is 5.97. The van der Waals surface area contributed by atoms with Crippen molar-refractivity contribution in [3.63, 3.8) is 0 Å². The fraction of sp³-hybridized carbons (Fsp3) is 0.259. The van der Waals surface area contributed by atoms with Gasteiger partial charge < -0.3 is 15.0 Å². The third-order valence-electron chi connectivity index (χ3n) is 5.98. The first kappa shape index (κ1) is 22.6. The van der Waals surface area contributed by atoms with E-state index in [1.54, 1.807) is 37.5 Å². The number of methoxy groups -OCH3 is 1. The zero-order chi connectivity index (χ0) is 23.0. The molecule has 1 heterocycles. The Morgan fingerprint density at radius 1 is 0.939 bits per heavy atom. The van der Waals surface area contributed by atoms with Gasteiger partial charge in [-0.05, 0) is 46.7 Å². The molecule has 1 fully saturated rings. The molecule has 170 valence electrons. The van der Waals surface area contributed by atoms with E-state index in [1.165, 1.54) is 5.39 Å². The molecule has 33 heavy (non-hydrogen) atoms. The van der Waals surface area contributed by atoms with Crippen LogP contribution in [0, 0.1) is 0 Å². The van der Waals surface area contributed by atoms with Crippen LogP contribution < -0.4 is 10.1 Å². The lowest BCUT2D eigenvalue weighted by molar-refractivity contribution is -0.127. The molecular formula is C27H29N3O3. The van der Waals surface area contributed by atoms with Crippen LogP contribution in [0.15, 0.2) is 72.8 Å². The van der Waals surface area contributed by atoms with Gasteiger partial charge in [0.05, 0.1) is 7.11 Å². The van der Waals surface area contributed by atoms with Gasteiger partial charge in [-0.3, -0.25) is 14.5 Å². The fourth-order valence-electron chi connectivity index (χ4n) is 4.03. The number of carbonyl (C=O) groups is 2. The summed E-state index contributed by atoms with van der Waals surface area (Å²) in [4.78, 5) is 29.1. The van der Waals surface area contributed by atoms with Gasteiger partial charge >= 0.3 is 0 Å². The van der Waals surface area contributed by atoms with E-state index >= 15 is 0 Å². The summed E-state index contributed by atoms with van der Waals surface area (Å²) in [5, 5.41) is 5.27. The Balaban J connectivity index is 1.22. The van der Waals surface area contributed by atoms with Crippen LogP contribution in [0.1, 0.15) is 15.9 Å². The quantitative estimate of drug-likeness (QED) is 0.569. The van der Waals surface area contributed by atoms with Crippen LogP contribution in [0.25, 0.3) is 16.8 Å². The molecule has 2 amide bonds. The lowest BCUT2D eigenvalue weighted by Gasteiger charge is -2.34. The molecule has 1 aliphatic heterocycles. The van der Waals surface area contributed by atoms with Gasteiger partial charge in [-0.25, -0.2) is 0 Å². The zero-order valence-corrected chi connectivity index (χ0v) is 18.9. The summed E-state index contributed by atoms with van der Waals surface area (Å²) >= 11 is 0. The van der Waals surface area contributed by atoms with Gasteiger partial charge in [0, 0.05) is 50.9 Å². The molecule has 0 atom stereocenters. The third kappa shape index (κ3) is 5.79. The molecule has 0 bridgehead atoms. The lowest BCUT2D eigenvalue weighted by Crippen LogP contribution is -2.49. The molecule has 1 saturated heterocycles. The van der Waals surface area contributed by atoms with E-state index in [1.807, 2.05) is 35.2 Å². The summed E-state index contributed by atoms with van der Waals surface area (Å²) in [6, 6.07) is 21.4. The molecule has 1 aliphatic rings. The number of nitrogens with zero attached hydrogens (tertiary/aromatic N) is 2. The maximum absolute atomic E-state index is 12.7. The smallest absolute Gasteiger partial charge is 0.251 e. The molecule has 6 nitrogen and oxygen atoms in total. The molecule has 3 aromatic carbocycles. The summed E-state index contributed by atoms with van der Waals surface area (Å²) in [6.07, 6.45) is 3.58. The SMILES string of the molecule is COc1ccc(C(=O)NCCN2CCN(C(=O)/C=C/c3cccc4ccccc34)CC2)cc1. The summed E-state index contributed by atoms with van der Waals surface area (Å²) in [5.74, 6) is 0.673. The van der Waals surface area contributed by atoms with E-state index in [9.17, 15) is 9.59 Å². The Kier molecular flexibility index (Phi) is 7.37. The number of piperazine rings is 1. The zero-order valence-electron chi connectivity index (χ0n) is 18.9. The van der Waals surface area contributed by atoms with E-state index in [2.05, 4.69) is 28.4 Å². The van der Waals surface area contributed by atoms with E-state index in [0.717, 1.165) is 36.3 Å². The number of fused-ring (bicyclic) bond motifs is 1. The second-order valence-corrected chi connectivity index (χ2v) is 8.05. The van der Waals surface area contributed by atoms with Crippen LogP contribution in [0.4, 0.5) is 0 Å². The predicted octanol–water partition coefficient (Wildman–Crippen LogP) is 3.44. The lowest BCUT2D eigenvalue weighted by atomic mass is 10.0. The Morgan fingerprint density at radius 3 is 2.42 bits per heavy atom. The highest BCUT2D eigenvalue weighted by Crippen LogP contribution is 2.19. The number of hydrogen-bond donors (Lipinski definition) is 1. The largest absolute Gasteiger partial charge is 0.497 e. The van der Waals surface area contributed by atoms with Crippen LogP contribution in [0.2, 0.25) is 0 Å². The Bertz CT molecular complexity index is 1130. The van der Waals surface area contributed by atoms with E-state index < -0.39 is 0 Å². The third-order valence-corrected chi connectivity index (χ3v) is 5.98. The molecule has 6 heteroatoms. The Morgan fingerprint density at radius 2 is 1.67 bits per heavy atom. The van der Waals surface area contributed by atoms with Crippen LogP contribution >= 0.6 is 0 Å². The number of carbonyl (C=O) groups excluding carboxylic acids is 2. The Hall–Kier alpha value is -3.64. The van der Waals surface area contributed by atoms with Crippen molar-refractivity contribution in [3.05, 3.63) is 83.9 Å². The van der Waals surface area contributed by atoms with Crippen LogP contribution in [0.5, 0.6) is 5.75 Å². The molecule has 1 N–H and O–H groups in total. The second-order valence-electron chi connectivity index (χ2n) is 8.05. The Labute approximate surface area is 194 Å². The van der Waals surface area contributed by atoms with Gasteiger partial charge in [-0.15, -0.1) is 0 Å². The molecule has 0 spiro atoms. The minimum absolute atomic E-state index is 0.0374. The van der Waals surface area contributed by atoms with Crippen molar-refractivity contribution >= 4 is 28.7 Å². The maximum Gasteiger partial charge on any atom is 0.251 e. The molecule has 0 unspecified atom stereocenters. The molecule has 0 aromatic heterocycles. The van der Waals surface area contributed by atoms with Crippen molar-refractivity contribution < 1.29 is 14.3 Å². The van der Waals surface area contributed by atoms with Gasteiger partial charge in [-0.2, -0.15) is 0 Å². The summed E-state index contributed by atoms with van der Waals surface area (Å²) in [6.45, 7) is 4.30. The molecule has 0 aliphatic carbocycles. The minimum atomic E-state index is -0.0926. The maximum atomic E-state index is 12.7. The number of amides is 2. The average Bonchev–Trinajstić information content (AvgIpc) is 2.87. The van der Waals surface area contributed by atoms with E-state index in [-0.39, 0.29) is 11.8 Å². The number of hydrogen-bond acceptors (Lipinski definition) is 4. The minimum Gasteiger partial charge on any atom is -0.497 e. The number of ether oxygens (including phenoxy) is 1. The highest BCUT2D eigenvalue weighted by atomic mass is 16.5. The second kappa shape index (κ2) is 10.8. The topological polar surface area (TPSA) is 61.9 Å². The first-order chi connectivity index (χ1) is 16.1. The normalized spacial score (nSPS) is 14.5. The molecule has 4 rings (SSSR count). The number of rotatable bonds is 7. The average molecular weight is 444 g/mol. The molecule has 0 saturated carbocycles. The van der Waals surface area contributed by atoms with Gasteiger partial charge in [-0.1, -0.05) is 42.5 Å². The van der Waals surface area contributed by atoms with E-state index in [4.69, 9.17) is 4.74 Å². The van der Waals surface area contributed by atoms with Crippen molar-refractivity contribution in [2.75, 3.05) is 46.4 Å². The first-order valence-corrected chi connectivity index (χ1v) is 11.2. The van der Waals surface area contributed by atoms with Crippen molar-refractivity contribution in [1.29, 1.82) is 0 Å². The van der Waals surface area contributed by atoms with Crippen LogP contribution in [-0.4, -0.2) is 68.0 Å². The number of benzene rings is 3. The van der Waals surface area contributed by atoms with Gasteiger partial charge in [0.25, 0.3) is 5.91 Å². The number of nitrogens with one attached hydrogen (secondary N) is 1. The first-order valence-electron chi connectivity index (χ1n) is 11.2. The summed E-state index contributed by atoms with van der Waals surface area (Å²) in [5.41, 5.74) is 1.66. The molecule has 0 radical (unpaired) electrons. The fourth-order valence-corrected chi connectivity index (χ4v) is 4.03. The summed E-state index contributed by atoms with van der Waals surface area (Å²) < 4.78 is 5.12. The monoisotopic (exact) mass is 443 g/mol. The van der Waals surface area contributed by atoms with Crippen molar-refractivity contribution in [2.45, 2.75) is 0 Å². The van der Waals surface area contributed by atoms with E-state index in [0.29, 0.717) is 25.2 Å². The standard InChI is InChI=1S/C27H29N3O3/c1-33-24-12-9-23(10-13-24)27(32)28-15-16-29-17-19-30(20-18-29)26(31)14-11-22-7-4-6-21-5-2-3-8-25(21)22/h2-14H,15-20H2,1H3,(H,28,32)/b14-11+. The van der Waals surface area contributed by atoms with Gasteiger partial charge in [0.15, 0.2) is 0 Å². The molecule has 3 aromatic rings. The van der Waals surface area contributed by atoms with Crippen molar-refractivity contribution in [2.24, 2.45) is 0 Å².